The molecular weight excluding hydrogens is 307 g/mol. The van der Waals surface area contributed by atoms with E-state index in [1.165, 1.54) is 0 Å². The third kappa shape index (κ3) is 2.25. The van der Waals surface area contributed by atoms with Crippen LogP contribution >= 0.6 is 7.60 Å². The Balaban J connectivity index is 2.44. The number of rotatable bonds is 1. The topological polar surface area (TPSA) is 57.5 Å². The highest BCUT2D eigenvalue weighted by atomic mass is 31.2. The summed E-state index contributed by atoms with van der Waals surface area (Å²) in [6.07, 6.45) is 6.36. The second-order valence-corrected chi connectivity index (χ2v) is 7.21. The maximum atomic E-state index is 12.3. The third-order valence-corrected chi connectivity index (χ3v) is 5.38. The molecule has 2 aliphatic rings. The first-order chi connectivity index (χ1) is 11.1. The van der Waals surface area contributed by atoms with Crippen LogP contribution in [0, 0.1) is 10.4 Å². The lowest BCUT2D eigenvalue weighted by atomic mass is 9.95. The van der Waals surface area contributed by atoms with E-state index >= 15 is 0 Å². The first-order valence-corrected chi connectivity index (χ1v) is 9.04. The van der Waals surface area contributed by atoms with E-state index in [1.807, 2.05) is 60.7 Å². The van der Waals surface area contributed by atoms with Crippen LogP contribution in [0.3, 0.4) is 0 Å². The lowest BCUT2D eigenvalue weighted by Crippen LogP contribution is -2.11. The molecule has 0 aliphatic heterocycles. The summed E-state index contributed by atoms with van der Waals surface area (Å²) in [6, 6.07) is 15.4. The lowest BCUT2D eigenvalue weighted by molar-refractivity contribution is 0.388. The molecule has 2 N–H and O–H groups in total. The monoisotopic (exact) mass is 322 g/mol. The van der Waals surface area contributed by atoms with Crippen LogP contribution in [0.25, 0.3) is 10.9 Å². The Kier molecular flexibility index (Phi) is 3.24. The van der Waals surface area contributed by atoms with Gasteiger partial charge in [-0.3, -0.25) is 4.57 Å². The van der Waals surface area contributed by atoms with Crippen molar-refractivity contribution < 1.29 is 14.4 Å². The Bertz CT molecular complexity index is 1130. The molecule has 0 fully saturated rings. The van der Waals surface area contributed by atoms with E-state index < -0.39 is 7.60 Å². The van der Waals surface area contributed by atoms with Crippen LogP contribution in [0.1, 0.15) is 6.42 Å². The fourth-order valence-electron chi connectivity index (χ4n) is 3.40. The average Bonchev–Trinajstić information content (AvgIpc) is 2.67. The highest BCUT2D eigenvalue weighted by Crippen LogP contribution is 2.52. The van der Waals surface area contributed by atoms with Gasteiger partial charge in [-0.05, 0) is 38.4 Å². The van der Waals surface area contributed by atoms with Gasteiger partial charge in [-0.1, -0.05) is 66.8 Å². The fraction of sp³-hybridized carbons (Fsp3) is 0.0526. The Hall–Kier alpha value is -2.19. The van der Waals surface area contributed by atoms with Gasteiger partial charge in [0.2, 0.25) is 0 Å². The third-order valence-electron chi connectivity index (χ3n) is 4.32. The summed E-state index contributed by atoms with van der Waals surface area (Å²) in [7, 11) is -4.43. The maximum Gasteiger partial charge on any atom is 0.357 e. The van der Waals surface area contributed by atoms with Gasteiger partial charge in [-0.25, -0.2) is 0 Å². The molecule has 114 valence electrons. The smallest absolute Gasteiger partial charge is 0.321 e. The van der Waals surface area contributed by atoms with Crippen molar-refractivity contribution in [2.45, 2.75) is 6.42 Å². The quantitative estimate of drug-likeness (QED) is 0.792. The summed E-state index contributed by atoms with van der Waals surface area (Å²) in [4.78, 5) is 20.1. The zero-order chi connectivity index (χ0) is 16.0. The molecule has 0 aromatic heterocycles. The van der Waals surface area contributed by atoms with Gasteiger partial charge in [0.15, 0.2) is 0 Å². The predicted molar refractivity (Wildman–Crippen MR) is 90.5 cm³/mol. The largest absolute Gasteiger partial charge is 0.357 e. The second kappa shape index (κ2) is 5.17. The molecule has 3 nitrogen and oxygen atoms in total. The van der Waals surface area contributed by atoms with Crippen molar-refractivity contribution >= 4 is 18.5 Å². The Morgan fingerprint density at radius 2 is 1.39 bits per heavy atom. The van der Waals surface area contributed by atoms with Crippen molar-refractivity contribution in [3.63, 3.8) is 0 Å². The van der Waals surface area contributed by atoms with E-state index in [0.29, 0.717) is 17.2 Å². The zero-order valence-electron chi connectivity index (χ0n) is 12.3. The van der Waals surface area contributed by atoms with Gasteiger partial charge in [0, 0.05) is 0 Å². The minimum absolute atomic E-state index is 0.128. The zero-order valence-corrected chi connectivity index (χ0v) is 13.2. The predicted octanol–water partition coefficient (Wildman–Crippen LogP) is 2.31. The summed E-state index contributed by atoms with van der Waals surface area (Å²) < 4.78 is 12.3. The first-order valence-electron chi connectivity index (χ1n) is 7.43. The van der Waals surface area contributed by atoms with Gasteiger partial charge in [-0.2, -0.15) is 0 Å². The van der Waals surface area contributed by atoms with Crippen LogP contribution < -0.4 is 10.4 Å². The Morgan fingerprint density at radius 1 is 0.826 bits per heavy atom. The Morgan fingerprint density at radius 3 is 2.04 bits per heavy atom. The van der Waals surface area contributed by atoms with Gasteiger partial charge in [-0.15, -0.1) is 0 Å². The molecule has 0 spiro atoms. The van der Waals surface area contributed by atoms with Crippen LogP contribution in [0.4, 0.5) is 0 Å². The molecule has 0 heterocycles. The minimum atomic E-state index is -4.43. The van der Waals surface area contributed by atoms with Crippen molar-refractivity contribution in [3.8, 4) is 0 Å². The molecule has 0 atom stereocenters. The van der Waals surface area contributed by atoms with Crippen LogP contribution in [0.15, 0.2) is 72.3 Å². The molecule has 2 aliphatic carbocycles. The summed E-state index contributed by atoms with van der Waals surface area (Å²) in [5, 5.41) is 3.67. The summed E-state index contributed by atoms with van der Waals surface area (Å²) in [5.41, 5.74) is 1.62. The van der Waals surface area contributed by atoms with Crippen LogP contribution in [-0.4, -0.2) is 9.79 Å². The molecule has 0 radical (unpaired) electrons. The van der Waals surface area contributed by atoms with Gasteiger partial charge < -0.3 is 9.79 Å². The molecule has 0 amide bonds. The lowest BCUT2D eigenvalue weighted by Gasteiger charge is -2.17. The SMILES string of the molecule is O=P(O)(O)C1=c2ccccc2=c2ccccc2=C2CC=CC=C21. The van der Waals surface area contributed by atoms with Crippen molar-refractivity contribution in [3.05, 3.63) is 93.2 Å². The molecule has 2 aromatic rings. The van der Waals surface area contributed by atoms with Crippen molar-refractivity contribution in [2.24, 2.45) is 0 Å². The van der Waals surface area contributed by atoms with E-state index in [2.05, 4.69) is 0 Å². The van der Waals surface area contributed by atoms with Crippen LogP contribution in [-0.2, 0) is 4.57 Å². The number of hydrogen-bond donors (Lipinski definition) is 2. The standard InChI is InChI=1S/C19H15O3P/c20-23(21,22)19-17-11-5-3-9-15(17)13-7-1-2-8-14(13)16-10-4-6-12-18(16)19/h1-9,11-12H,10H2,(H2,20,21,22). The molecule has 4 rings (SSSR count). The van der Waals surface area contributed by atoms with Crippen LogP contribution in [0.2, 0.25) is 0 Å². The molecule has 2 aromatic carbocycles. The molecule has 0 unspecified atom stereocenters. The van der Waals surface area contributed by atoms with Gasteiger partial charge >= 0.3 is 7.60 Å². The fourth-order valence-corrected chi connectivity index (χ4v) is 4.43. The average molecular weight is 322 g/mol. The number of allylic oxidation sites excluding steroid dienone is 4. The molecule has 4 heteroatoms. The molecular formula is C19H15O3P. The van der Waals surface area contributed by atoms with Crippen molar-refractivity contribution in [1.29, 1.82) is 0 Å². The van der Waals surface area contributed by atoms with Gasteiger partial charge in [0.05, 0.1) is 5.31 Å². The summed E-state index contributed by atoms with van der Waals surface area (Å²) in [5.74, 6) is 0. The van der Waals surface area contributed by atoms with Crippen molar-refractivity contribution in [2.75, 3.05) is 0 Å². The highest BCUT2D eigenvalue weighted by molar-refractivity contribution is 7.63. The minimum Gasteiger partial charge on any atom is -0.321 e. The second-order valence-electron chi connectivity index (χ2n) is 5.67. The van der Waals surface area contributed by atoms with Gasteiger partial charge in [0.25, 0.3) is 0 Å². The Labute approximate surface area is 133 Å². The normalized spacial score (nSPS) is 16.2. The van der Waals surface area contributed by atoms with Crippen LogP contribution in [0.5, 0.6) is 0 Å². The van der Waals surface area contributed by atoms with E-state index in [0.717, 1.165) is 21.2 Å². The van der Waals surface area contributed by atoms with E-state index in [1.54, 1.807) is 6.07 Å². The molecule has 0 bridgehead atoms. The van der Waals surface area contributed by atoms with Gasteiger partial charge in [0.1, 0.15) is 0 Å². The first kappa shape index (κ1) is 14.4. The van der Waals surface area contributed by atoms with E-state index in [4.69, 9.17) is 0 Å². The summed E-state index contributed by atoms with van der Waals surface area (Å²) in [6.45, 7) is 0. The molecule has 0 saturated carbocycles. The van der Waals surface area contributed by atoms with E-state index in [9.17, 15) is 14.4 Å². The molecule has 0 saturated heterocycles. The molecule has 23 heavy (non-hydrogen) atoms. The number of fused-ring (bicyclic) bond motifs is 3. The number of benzene rings is 2. The highest BCUT2D eigenvalue weighted by Gasteiger charge is 2.29. The maximum absolute atomic E-state index is 12.3. The van der Waals surface area contributed by atoms with E-state index in [-0.39, 0.29) is 5.31 Å². The van der Waals surface area contributed by atoms with Crippen molar-refractivity contribution in [1.82, 2.24) is 0 Å². The number of hydrogen-bond acceptors (Lipinski definition) is 1. The summed E-state index contributed by atoms with van der Waals surface area (Å²) >= 11 is 0.